The van der Waals surface area contributed by atoms with E-state index in [1.54, 1.807) is 4.57 Å². The Morgan fingerprint density at radius 1 is 1.13 bits per heavy atom. The van der Waals surface area contributed by atoms with Gasteiger partial charge in [0.15, 0.2) is 0 Å². The number of nitrogens with zero attached hydrogens (tertiary/aromatic N) is 3. The third kappa shape index (κ3) is 3.70. The van der Waals surface area contributed by atoms with E-state index in [1.807, 2.05) is 0 Å². The van der Waals surface area contributed by atoms with Gasteiger partial charge in [0.1, 0.15) is 0 Å². The number of hydrazine groups is 1. The van der Waals surface area contributed by atoms with Gasteiger partial charge < -0.3 is 0 Å². The number of pyridine rings is 1. The second kappa shape index (κ2) is 7.94. The summed E-state index contributed by atoms with van der Waals surface area (Å²) in [6.07, 6.45) is 6.16. The molecule has 1 saturated heterocycles. The van der Waals surface area contributed by atoms with Gasteiger partial charge in [0.05, 0.1) is 23.9 Å². The molecule has 4 atom stereocenters. The van der Waals surface area contributed by atoms with Crippen molar-refractivity contribution < 1.29 is 13.2 Å². The van der Waals surface area contributed by atoms with E-state index in [1.165, 1.54) is 37.7 Å². The Bertz CT molecular complexity index is 995. The Morgan fingerprint density at radius 2 is 1.87 bits per heavy atom. The summed E-state index contributed by atoms with van der Waals surface area (Å²) in [5, 5.41) is 0. The Labute approximate surface area is 179 Å². The van der Waals surface area contributed by atoms with Crippen molar-refractivity contribution in [3.05, 3.63) is 40.6 Å². The number of hydrogen-bond acceptors (Lipinski definition) is 4. The minimum atomic E-state index is -4.48. The number of alkyl halides is 3. The van der Waals surface area contributed by atoms with Crippen LogP contribution in [0.3, 0.4) is 0 Å². The van der Waals surface area contributed by atoms with E-state index in [9.17, 15) is 18.0 Å². The predicted molar refractivity (Wildman–Crippen MR) is 111 cm³/mol. The van der Waals surface area contributed by atoms with Gasteiger partial charge in [0.25, 0.3) is 0 Å². The molecule has 2 N–H and O–H groups in total. The van der Waals surface area contributed by atoms with Gasteiger partial charge in [-0.2, -0.15) is 13.2 Å². The quantitative estimate of drug-likeness (QED) is 0.768. The van der Waals surface area contributed by atoms with Gasteiger partial charge in [-0.05, 0) is 56.2 Å². The number of hydrogen-bond donors (Lipinski definition) is 2. The average molecular weight is 438 g/mol. The zero-order valence-electron chi connectivity index (χ0n) is 17.7. The van der Waals surface area contributed by atoms with Crippen molar-refractivity contribution >= 4 is 5.52 Å². The second-order valence-electron chi connectivity index (χ2n) is 9.52. The molecule has 2 aliphatic carbocycles. The molecular formula is C22H30F3N5O. The number of aromatic nitrogens is 2. The highest BCUT2D eigenvalue weighted by Crippen LogP contribution is 2.46. The summed E-state index contributed by atoms with van der Waals surface area (Å²) < 4.78 is 43.1. The third-order valence-corrected chi connectivity index (χ3v) is 7.76. The molecular weight excluding hydrogens is 407 g/mol. The monoisotopic (exact) mass is 437 g/mol. The Morgan fingerprint density at radius 3 is 2.52 bits per heavy atom. The second-order valence-corrected chi connectivity index (χ2v) is 9.52. The molecule has 3 aliphatic rings. The van der Waals surface area contributed by atoms with Crippen molar-refractivity contribution in [2.45, 2.75) is 63.3 Å². The highest BCUT2D eigenvalue weighted by atomic mass is 19.4. The molecule has 0 radical (unpaired) electrons. The van der Waals surface area contributed by atoms with E-state index in [0.29, 0.717) is 17.8 Å². The summed E-state index contributed by atoms with van der Waals surface area (Å²) in [7, 11) is 2.12. The SMILES string of the molecule is CN1CNNC1[C@@H](C1CCC1)C1CCCC(n2cc3c(C(F)(F)F)cccn3c2=O)C1. The van der Waals surface area contributed by atoms with Crippen LogP contribution in [0.1, 0.15) is 56.6 Å². The Kier molecular flexibility index (Phi) is 5.38. The van der Waals surface area contributed by atoms with Crippen LogP contribution in [-0.4, -0.2) is 33.7 Å². The third-order valence-electron chi connectivity index (χ3n) is 7.76. The van der Waals surface area contributed by atoms with E-state index in [-0.39, 0.29) is 23.4 Å². The highest BCUT2D eigenvalue weighted by Gasteiger charge is 2.43. The first-order valence-electron chi connectivity index (χ1n) is 11.3. The van der Waals surface area contributed by atoms with Crippen LogP contribution in [-0.2, 0) is 6.18 Å². The highest BCUT2D eigenvalue weighted by molar-refractivity contribution is 5.55. The molecule has 5 rings (SSSR count). The largest absolute Gasteiger partial charge is 0.418 e. The van der Waals surface area contributed by atoms with Gasteiger partial charge in [0.2, 0.25) is 0 Å². The lowest BCUT2D eigenvalue weighted by Gasteiger charge is -2.46. The summed E-state index contributed by atoms with van der Waals surface area (Å²) in [4.78, 5) is 15.3. The van der Waals surface area contributed by atoms with Crippen molar-refractivity contribution in [2.75, 3.05) is 13.7 Å². The van der Waals surface area contributed by atoms with Crippen molar-refractivity contribution in [3.63, 3.8) is 0 Å². The van der Waals surface area contributed by atoms with E-state index in [2.05, 4.69) is 22.8 Å². The predicted octanol–water partition coefficient (Wildman–Crippen LogP) is 3.59. The van der Waals surface area contributed by atoms with Crippen molar-refractivity contribution in [1.82, 2.24) is 24.7 Å². The molecule has 170 valence electrons. The molecule has 2 aromatic heterocycles. The van der Waals surface area contributed by atoms with Gasteiger partial charge >= 0.3 is 11.9 Å². The summed E-state index contributed by atoms with van der Waals surface area (Å²) in [5.41, 5.74) is 5.51. The Balaban J connectivity index is 1.46. The van der Waals surface area contributed by atoms with Gasteiger partial charge in [0, 0.05) is 18.4 Å². The summed E-state index contributed by atoms with van der Waals surface area (Å²) in [6.45, 7) is 0.800. The van der Waals surface area contributed by atoms with Crippen LogP contribution in [0.15, 0.2) is 29.3 Å². The molecule has 0 spiro atoms. The van der Waals surface area contributed by atoms with Crippen LogP contribution < -0.4 is 16.5 Å². The zero-order valence-corrected chi connectivity index (χ0v) is 17.7. The number of rotatable bonds is 4. The molecule has 0 aromatic carbocycles. The fourth-order valence-corrected chi connectivity index (χ4v) is 6.03. The van der Waals surface area contributed by atoms with Crippen molar-refractivity contribution in [3.8, 4) is 0 Å². The standard InChI is InChI=1S/C22H30F3N5O/c1-28-13-26-27-20(28)19(14-5-2-6-14)15-7-3-8-16(11-15)30-12-18-17(22(23,24)25)9-4-10-29(18)21(30)31/h4,9-10,12,14-16,19-20,26-27H,2-3,5-8,11,13H2,1H3/t15?,16?,19-,20?/m0/s1. The topological polar surface area (TPSA) is 53.7 Å². The van der Waals surface area contributed by atoms with E-state index in [0.717, 1.165) is 42.8 Å². The summed E-state index contributed by atoms with van der Waals surface area (Å²) in [6, 6.07) is 2.28. The fraction of sp³-hybridized carbons (Fsp3) is 0.682. The first kappa shape index (κ1) is 21.0. The van der Waals surface area contributed by atoms with E-state index >= 15 is 0 Å². The molecule has 9 heteroatoms. The number of halogens is 3. The molecule has 3 heterocycles. The van der Waals surface area contributed by atoms with Crippen LogP contribution in [0.2, 0.25) is 0 Å². The van der Waals surface area contributed by atoms with E-state index < -0.39 is 11.7 Å². The molecule has 1 aliphatic heterocycles. The fourth-order valence-electron chi connectivity index (χ4n) is 6.03. The molecule has 0 bridgehead atoms. The van der Waals surface area contributed by atoms with E-state index in [4.69, 9.17) is 0 Å². The zero-order chi connectivity index (χ0) is 21.8. The number of fused-ring (bicyclic) bond motifs is 1. The first-order chi connectivity index (χ1) is 14.8. The summed E-state index contributed by atoms with van der Waals surface area (Å²) >= 11 is 0. The number of nitrogens with one attached hydrogen (secondary N) is 2. The van der Waals surface area contributed by atoms with Crippen LogP contribution in [0, 0.1) is 17.8 Å². The lowest BCUT2D eigenvalue weighted by Crippen LogP contribution is -2.50. The van der Waals surface area contributed by atoms with Crippen LogP contribution >= 0.6 is 0 Å². The minimum Gasteiger partial charge on any atom is -0.295 e. The average Bonchev–Trinajstić information content (AvgIpc) is 3.27. The summed E-state index contributed by atoms with van der Waals surface area (Å²) in [5.74, 6) is 1.60. The van der Waals surface area contributed by atoms with Gasteiger partial charge in [-0.3, -0.25) is 13.9 Å². The molecule has 31 heavy (non-hydrogen) atoms. The van der Waals surface area contributed by atoms with Crippen LogP contribution in [0.4, 0.5) is 13.2 Å². The molecule has 2 aromatic rings. The molecule has 0 amide bonds. The maximum absolute atomic E-state index is 13.5. The van der Waals surface area contributed by atoms with Crippen LogP contribution in [0.5, 0.6) is 0 Å². The molecule has 6 nitrogen and oxygen atoms in total. The van der Waals surface area contributed by atoms with Gasteiger partial charge in [-0.1, -0.05) is 25.7 Å². The maximum atomic E-state index is 13.5. The smallest absolute Gasteiger partial charge is 0.295 e. The van der Waals surface area contributed by atoms with Gasteiger partial charge in [-0.25, -0.2) is 15.6 Å². The van der Waals surface area contributed by atoms with Crippen molar-refractivity contribution in [1.29, 1.82) is 0 Å². The first-order valence-corrected chi connectivity index (χ1v) is 11.3. The van der Waals surface area contributed by atoms with Crippen LogP contribution in [0.25, 0.3) is 5.52 Å². The minimum absolute atomic E-state index is 0.0564. The van der Waals surface area contributed by atoms with Crippen molar-refractivity contribution in [2.24, 2.45) is 17.8 Å². The molecule has 3 unspecified atom stereocenters. The maximum Gasteiger partial charge on any atom is 0.418 e. The lowest BCUT2D eigenvalue weighted by molar-refractivity contribution is -0.136. The normalized spacial score (nSPS) is 29.4. The molecule has 3 fully saturated rings. The lowest BCUT2D eigenvalue weighted by atomic mass is 9.65. The van der Waals surface area contributed by atoms with Gasteiger partial charge in [-0.15, -0.1) is 0 Å². The number of imidazole rings is 1. The molecule has 2 saturated carbocycles. The Hall–Kier alpha value is -1.84.